The van der Waals surface area contributed by atoms with Crippen LogP contribution in [0.2, 0.25) is 10.0 Å². The van der Waals surface area contributed by atoms with E-state index in [1.54, 1.807) is 18.2 Å². The van der Waals surface area contributed by atoms with E-state index in [0.29, 0.717) is 26.9 Å². The fraction of sp³-hybridized carbons (Fsp3) is 0.214. The van der Waals surface area contributed by atoms with E-state index in [1.165, 1.54) is 24.3 Å². The van der Waals surface area contributed by atoms with Gasteiger partial charge in [0.2, 0.25) is 5.88 Å². The van der Waals surface area contributed by atoms with E-state index in [-0.39, 0.29) is 35.2 Å². The van der Waals surface area contributed by atoms with Gasteiger partial charge in [-0.3, -0.25) is 4.79 Å². The summed E-state index contributed by atoms with van der Waals surface area (Å²) in [7, 11) is 1.13. The molecule has 2 aromatic heterocycles. The summed E-state index contributed by atoms with van der Waals surface area (Å²) in [6.07, 6.45) is -4.96. The molecule has 0 spiro atoms. The average molecular weight is 608 g/mol. The molecule has 41 heavy (non-hydrogen) atoms. The number of anilines is 1. The van der Waals surface area contributed by atoms with Gasteiger partial charge in [0.15, 0.2) is 5.69 Å². The number of rotatable bonds is 8. The van der Waals surface area contributed by atoms with Crippen molar-refractivity contribution in [1.82, 2.24) is 10.1 Å². The van der Waals surface area contributed by atoms with Crippen molar-refractivity contribution in [2.75, 3.05) is 11.9 Å². The van der Waals surface area contributed by atoms with Crippen LogP contribution in [-0.2, 0) is 12.8 Å². The lowest BCUT2D eigenvalue weighted by molar-refractivity contribution is -0.140. The van der Waals surface area contributed by atoms with Gasteiger partial charge in [-0.2, -0.15) is 13.2 Å². The predicted octanol–water partition coefficient (Wildman–Crippen LogP) is 7.74. The molecule has 0 saturated heterocycles. The highest BCUT2D eigenvalue weighted by Crippen LogP contribution is 2.40. The van der Waals surface area contributed by atoms with E-state index < -0.39 is 29.4 Å². The number of carbonyl (C=O) groups is 2. The second-order valence-electron chi connectivity index (χ2n) is 9.18. The lowest BCUT2D eigenvalue weighted by Gasteiger charge is -2.22. The van der Waals surface area contributed by atoms with Crippen molar-refractivity contribution >= 4 is 40.8 Å². The van der Waals surface area contributed by atoms with Gasteiger partial charge in [-0.25, -0.2) is 9.78 Å². The van der Waals surface area contributed by atoms with Gasteiger partial charge in [-0.05, 0) is 36.4 Å². The third-order valence-electron chi connectivity index (χ3n) is 6.05. The second kappa shape index (κ2) is 11.8. The van der Waals surface area contributed by atoms with E-state index >= 15 is 0 Å². The van der Waals surface area contributed by atoms with E-state index in [2.05, 4.69) is 10.1 Å². The Hall–Kier alpha value is -4.09. The standard InChI is InChI=1S/C28H22Cl2F3N3O5/c1-14(2)24-17(23(35-41-24)22-18(29)8-5-9-19(22)30)13-40-21-11-10-20(25(34-21)28(31,32)33)36(3)26(37)15-6-4-7-16(12-15)27(38)39/h4-12,14H,13H2,1-3H3,(H,38,39). The maximum Gasteiger partial charge on any atom is 0.435 e. The minimum absolute atomic E-state index is 0.111. The van der Waals surface area contributed by atoms with Gasteiger partial charge in [0.1, 0.15) is 18.1 Å². The molecular weight excluding hydrogens is 586 g/mol. The van der Waals surface area contributed by atoms with Gasteiger partial charge in [-0.15, -0.1) is 0 Å². The number of amides is 1. The van der Waals surface area contributed by atoms with Crippen molar-refractivity contribution < 1.29 is 37.1 Å². The Kier molecular flexibility index (Phi) is 8.60. The van der Waals surface area contributed by atoms with E-state index in [9.17, 15) is 27.9 Å². The summed E-state index contributed by atoms with van der Waals surface area (Å²) in [5.41, 5.74) is -1.12. The number of pyridine rings is 1. The number of hydrogen-bond donors (Lipinski definition) is 1. The second-order valence-corrected chi connectivity index (χ2v) is 9.99. The Bertz CT molecular complexity index is 1600. The third-order valence-corrected chi connectivity index (χ3v) is 6.68. The van der Waals surface area contributed by atoms with Crippen LogP contribution in [0.15, 0.2) is 59.1 Å². The number of carbonyl (C=O) groups excluding carboxylic acids is 1. The van der Waals surface area contributed by atoms with Crippen molar-refractivity contribution in [3.8, 4) is 17.1 Å². The summed E-state index contributed by atoms with van der Waals surface area (Å²) >= 11 is 12.7. The zero-order valence-corrected chi connectivity index (χ0v) is 23.3. The van der Waals surface area contributed by atoms with Crippen molar-refractivity contribution in [3.63, 3.8) is 0 Å². The van der Waals surface area contributed by atoms with Crippen molar-refractivity contribution in [2.24, 2.45) is 0 Å². The fourth-order valence-electron chi connectivity index (χ4n) is 4.06. The number of alkyl halides is 3. The van der Waals surface area contributed by atoms with Crippen LogP contribution >= 0.6 is 23.2 Å². The molecule has 0 unspecified atom stereocenters. The fourth-order valence-corrected chi connectivity index (χ4v) is 4.64. The Balaban J connectivity index is 1.67. The van der Waals surface area contributed by atoms with Crippen LogP contribution in [0.3, 0.4) is 0 Å². The maximum absolute atomic E-state index is 14.1. The zero-order valence-electron chi connectivity index (χ0n) is 21.8. The Morgan fingerprint density at radius 3 is 2.29 bits per heavy atom. The van der Waals surface area contributed by atoms with Crippen molar-refractivity contribution in [2.45, 2.75) is 32.5 Å². The zero-order chi connectivity index (χ0) is 30.1. The van der Waals surface area contributed by atoms with Crippen LogP contribution in [0, 0.1) is 0 Å². The molecular formula is C28H22Cl2F3N3O5. The van der Waals surface area contributed by atoms with Gasteiger partial charge < -0.3 is 19.3 Å². The summed E-state index contributed by atoms with van der Waals surface area (Å²) in [5.74, 6) is -2.24. The van der Waals surface area contributed by atoms with Crippen LogP contribution in [0.1, 0.15) is 57.5 Å². The maximum atomic E-state index is 14.1. The van der Waals surface area contributed by atoms with Gasteiger partial charge in [0.05, 0.1) is 26.9 Å². The summed E-state index contributed by atoms with van der Waals surface area (Å²) in [4.78, 5) is 28.6. The molecule has 0 radical (unpaired) electrons. The molecule has 2 aromatic carbocycles. The molecule has 0 saturated carbocycles. The van der Waals surface area contributed by atoms with Crippen LogP contribution in [0.5, 0.6) is 5.88 Å². The van der Waals surface area contributed by atoms with Crippen LogP contribution in [0.4, 0.5) is 18.9 Å². The predicted molar refractivity (Wildman–Crippen MR) is 146 cm³/mol. The van der Waals surface area contributed by atoms with Gasteiger partial charge in [0, 0.05) is 30.2 Å². The molecule has 4 aromatic rings. The van der Waals surface area contributed by atoms with E-state index in [0.717, 1.165) is 24.1 Å². The molecule has 0 atom stereocenters. The topological polar surface area (TPSA) is 106 Å². The number of ether oxygens (including phenoxy) is 1. The molecule has 13 heteroatoms. The molecule has 1 amide bonds. The minimum atomic E-state index is -4.96. The average Bonchev–Trinajstić information content (AvgIpc) is 3.34. The lowest BCUT2D eigenvalue weighted by atomic mass is 10.0. The number of carboxylic acids is 1. The quantitative estimate of drug-likeness (QED) is 0.218. The molecule has 0 bridgehead atoms. The largest absolute Gasteiger partial charge is 0.478 e. The molecule has 0 aliphatic rings. The number of benzene rings is 2. The minimum Gasteiger partial charge on any atom is -0.478 e. The first-order valence-electron chi connectivity index (χ1n) is 12.0. The molecule has 0 aliphatic carbocycles. The lowest BCUT2D eigenvalue weighted by Crippen LogP contribution is -2.29. The monoisotopic (exact) mass is 607 g/mol. The molecule has 1 N–H and O–H groups in total. The van der Waals surface area contributed by atoms with Crippen molar-refractivity contribution in [3.05, 3.63) is 92.8 Å². The molecule has 2 heterocycles. The van der Waals surface area contributed by atoms with E-state index in [4.69, 9.17) is 32.5 Å². The number of hydrogen-bond acceptors (Lipinski definition) is 6. The highest BCUT2D eigenvalue weighted by Gasteiger charge is 2.38. The molecule has 4 rings (SSSR count). The highest BCUT2D eigenvalue weighted by atomic mass is 35.5. The SMILES string of the molecule is CC(C)c1onc(-c2c(Cl)cccc2Cl)c1COc1ccc(N(C)C(=O)c2cccc(C(=O)O)c2)c(C(F)(F)F)n1. The molecule has 8 nitrogen and oxygen atoms in total. The van der Waals surface area contributed by atoms with Gasteiger partial charge >= 0.3 is 12.1 Å². The summed E-state index contributed by atoms with van der Waals surface area (Å²) in [6, 6.07) is 12.1. The van der Waals surface area contributed by atoms with E-state index in [1.807, 2.05) is 13.8 Å². The van der Waals surface area contributed by atoms with Gasteiger partial charge in [-0.1, -0.05) is 54.3 Å². The van der Waals surface area contributed by atoms with Crippen LogP contribution in [0.25, 0.3) is 11.3 Å². The van der Waals surface area contributed by atoms with Crippen LogP contribution < -0.4 is 9.64 Å². The molecule has 0 fully saturated rings. The summed E-state index contributed by atoms with van der Waals surface area (Å²) in [5, 5.41) is 13.9. The molecule has 0 aliphatic heterocycles. The normalized spacial score (nSPS) is 11.5. The van der Waals surface area contributed by atoms with Crippen molar-refractivity contribution in [1.29, 1.82) is 0 Å². The first-order chi connectivity index (χ1) is 19.3. The van der Waals surface area contributed by atoms with Gasteiger partial charge in [0.25, 0.3) is 5.91 Å². The van der Waals surface area contributed by atoms with Crippen LogP contribution in [-0.4, -0.2) is 34.2 Å². The molecule has 214 valence electrons. The first-order valence-corrected chi connectivity index (χ1v) is 12.8. The highest BCUT2D eigenvalue weighted by molar-refractivity contribution is 6.39. The number of halogens is 5. The Morgan fingerprint density at radius 2 is 1.68 bits per heavy atom. The Labute approximate surface area is 242 Å². The summed E-state index contributed by atoms with van der Waals surface area (Å²) in [6.45, 7) is 3.42. The Morgan fingerprint density at radius 1 is 1.05 bits per heavy atom. The number of nitrogens with zero attached hydrogens (tertiary/aromatic N) is 3. The third kappa shape index (κ3) is 6.31. The number of aromatic carboxylic acids is 1. The summed E-state index contributed by atoms with van der Waals surface area (Å²) < 4.78 is 53.5. The number of aromatic nitrogens is 2. The smallest absolute Gasteiger partial charge is 0.435 e. The number of carboxylic acid groups (broad SMARTS) is 1. The first kappa shape index (κ1) is 29.9.